The lowest BCUT2D eigenvalue weighted by Crippen LogP contribution is -2.65. The molecule has 2 atom stereocenters. The van der Waals surface area contributed by atoms with E-state index in [1.165, 1.54) is 64.2 Å². The first-order valence-corrected chi connectivity index (χ1v) is 19.1. The Labute approximate surface area is 292 Å². The normalized spacial score (nSPS) is 16.7. The maximum absolute atomic E-state index is 13.7. The summed E-state index contributed by atoms with van der Waals surface area (Å²) in [4.78, 5) is 54.4. The summed E-state index contributed by atoms with van der Waals surface area (Å²) in [6.07, 6.45) is 20.2. The summed E-state index contributed by atoms with van der Waals surface area (Å²) < 4.78 is 10.9. The van der Waals surface area contributed by atoms with E-state index in [0.29, 0.717) is 25.8 Å². The molecular weight excluding hydrogens is 608 g/mol. The molecule has 1 aliphatic heterocycles. The molecule has 280 valence electrons. The van der Waals surface area contributed by atoms with Crippen LogP contribution in [0.25, 0.3) is 0 Å². The van der Waals surface area contributed by atoms with Gasteiger partial charge in [0.2, 0.25) is 5.91 Å². The number of hydrogen-bond acceptors (Lipinski definition) is 8. The Morgan fingerprint density at radius 1 is 0.708 bits per heavy atom. The van der Waals surface area contributed by atoms with Gasteiger partial charge in [-0.05, 0) is 86.5 Å². The lowest BCUT2D eigenvalue weighted by molar-refractivity contribution is -0.168. The van der Waals surface area contributed by atoms with Gasteiger partial charge in [-0.1, -0.05) is 84.0 Å². The van der Waals surface area contributed by atoms with E-state index in [1.807, 2.05) is 4.90 Å². The number of nitrogens with two attached hydrogens (primary N) is 2. The number of esters is 2. The highest BCUT2D eigenvalue weighted by molar-refractivity contribution is 6.07. The molecule has 1 fully saturated rings. The summed E-state index contributed by atoms with van der Waals surface area (Å²) in [7, 11) is 0. The van der Waals surface area contributed by atoms with Crippen LogP contribution >= 0.6 is 0 Å². The summed E-state index contributed by atoms with van der Waals surface area (Å²) in [5, 5.41) is 0.999. The van der Waals surface area contributed by atoms with E-state index < -0.39 is 28.6 Å². The number of hydrazine groups is 1. The number of carbonyl (C=O) groups excluding carboxylic acids is 4. The first-order chi connectivity index (χ1) is 22.5. The van der Waals surface area contributed by atoms with Gasteiger partial charge >= 0.3 is 11.9 Å². The summed E-state index contributed by atoms with van der Waals surface area (Å²) in [5.74, 6) is 4.47. The average Bonchev–Trinajstić information content (AvgIpc) is 2.99. The lowest BCUT2D eigenvalue weighted by atomic mass is 9.91. The van der Waals surface area contributed by atoms with E-state index in [2.05, 4.69) is 6.92 Å². The smallest absolute Gasteiger partial charge is 0.336 e. The van der Waals surface area contributed by atoms with Crippen molar-refractivity contribution in [2.24, 2.45) is 11.6 Å². The van der Waals surface area contributed by atoms with Crippen molar-refractivity contribution in [3.05, 3.63) is 0 Å². The number of nitrogens with zero attached hydrogens (tertiary/aromatic N) is 2. The summed E-state index contributed by atoms with van der Waals surface area (Å²) in [6.45, 7) is 13.5. The van der Waals surface area contributed by atoms with Crippen LogP contribution in [-0.4, -0.2) is 69.5 Å². The van der Waals surface area contributed by atoms with Crippen molar-refractivity contribution >= 4 is 23.8 Å². The SMILES string of the molecule is CCCCCCCCCCCCCCCC(=O)N1CCCCC1CN(N)C(=O)C(N)(CCCCC(=O)OC(C)(C)C)C(=O)OC(C)(C)C. The highest BCUT2D eigenvalue weighted by Crippen LogP contribution is 2.24. The zero-order valence-electron chi connectivity index (χ0n) is 31.8. The fourth-order valence-corrected chi connectivity index (χ4v) is 6.25. The zero-order chi connectivity index (χ0) is 36.2. The van der Waals surface area contributed by atoms with E-state index in [9.17, 15) is 19.2 Å². The van der Waals surface area contributed by atoms with Crippen molar-refractivity contribution in [1.29, 1.82) is 0 Å². The standard InChI is InChI=1S/C38H72N4O6/c1-8-9-10-11-12-13-14-15-16-17-18-19-20-26-32(43)41-29-24-22-25-31(41)30-42(40)34(45)38(39,35(46)48-37(5,6)7)28-23-21-27-33(44)47-36(2,3)4/h31H,8-30,39-40H2,1-7H3. The molecule has 10 nitrogen and oxygen atoms in total. The highest BCUT2D eigenvalue weighted by atomic mass is 16.6. The summed E-state index contributed by atoms with van der Waals surface area (Å²) in [5.41, 5.74) is 3.05. The summed E-state index contributed by atoms with van der Waals surface area (Å²) >= 11 is 0. The van der Waals surface area contributed by atoms with Gasteiger partial charge in [0, 0.05) is 19.4 Å². The van der Waals surface area contributed by atoms with Gasteiger partial charge < -0.3 is 20.1 Å². The molecule has 0 bridgehead atoms. The van der Waals surface area contributed by atoms with Crippen LogP contribution in [0.4, 0.5) is 0 Å². The van der Waals surface area contributed by atoms with Crippen LogP contribution in [0.1, 0.15) is 183 Å². The van der Waals surface area contributed by atoms with Gasteiger partial charge in [0.1, 0.15) is 11.2 Å². The zero-order valence-corrected chi connectivity index (χ0v) is 31.8. The number of unbranched alkanes of at least 4 members (excludes halogenated alkanes) is 13. The number of ether oxygens (including phenoxy) is 2. The average molecular weight is 681 g/mol. The maximum Gasteiger partial charge on any atom is 0.336 e. The molecule has 0 radical (unpaired) electrons. The Hall–Kier alpha value is -2.20. The molecular formula is C38H72N4O6. The van der Waals surface area contributed by atoms with Crippen LogP contribution in [0.3, 0.4) is 0 Å². The van der Waals surface area contributed by atoms with E-state index in [-0.39, 0.29) is 37.3 Å². The summed E-state index contributed by atoms with van der Waals surface area (Å²) in [6, 6.07) is -0.239. The van der Waals surface area contributed by atoms with Crippen LogP contribution in [0.2, 0.25) is 0 Å². The molecule has 1 saturated heterocycles. The van der Waals surface area contributed by atoms with Gasteiger partial charge in [-0.25, -0.2) is 10.6 Å². The van der Waals surface area contributed by atoms with Crippen LogP contribution in [-0.2, 0) is 28.7 Å². The van der Waals surface area contributed by atoms with Crippen molar-refractivity contribution in [2.75, 3.05) is 13.1 Å². The Bertz CT molecular complexity index is 960. The Kier molecular flexibility index (Phi) is 20.5. The van der Waals surface area contributed by atoms with Crippen molar-refractivity contribution in [2.45, 2.75) is 206 Å². The molecule has 48 heavy (non-hydrogen) atoms. The quantitative estimate of drug-likeness (QED) is 0.0282. The van der Waals surface area contributed by atoms with Crippen LogP contribution in [0, 0.1) is 0 Å². The third-order valence-corrected chi connectivity index (χ3v) is 8.88. The first kappa shape index (κ1) is 43.8. The molecule has 0 aromatic carbocycles. The highest BCUT2D eigenvalue weighted by Gasteiger charge is 2.47. The molecule has 2 unspecified atom stereocenters. The Balaban J connectivity index is 2.64. The van der Waals surface area contributed by atoms with Gasteiger partial charge in [0.25, 0.3) is 5.91 Å². The second-order valence-electron chi connectivity index (χ2n) is 16.0. The van der Waals surface area contributed by atoms with E-state index >= 15 is 0 Å². The maximum atomic E-state index is 13.7. The van der Waals surface area contributed by atoms with E-state index in [0.717, 1.165) is 43.5 Å². The van der Waals surface area contributed by atoms with Crippen molar-refractivity contribution < 1.29 is 28.7 Å². The number of hydrogen-bond donors (Lipinski definition) is 2. The minimum absolute atomic E-state index is 0.0381. The molecule has 2 amide bonds. The molecule has 1 heterocycles. The predicted octanol–water partition coefficient (Wildman–Crippen LogP) is 7.49. The van der Waals surface area contributed by atoms with Crippen LogP contribution < -0.4 is 11.6 Å². The minimum Gasteiger partial charge on any atom is -0.460 e. The minimum atomic E-state index is -2.02. The van der Waals surface area contributed by atoms with Crippen molar-refractivity contribution in [3.8, 4) is 0 Å². The third-order valence-electron chi connectivity index (χ3n) is 8.88. The van der Waals surface area contributed by atoms with Gasteiger partial charge in [-0.15, -0.1) is 0 Å². The molecule has 0 aliphatic carbocycles. The molecule has 10 heteroatoms. The van der Waals surface area contributed by atoms with E-state index in [4.69, 9.17) is 21.1 Å². The molecule has 0 saturated carbocycles. The predicted molar refractivity (Wildman–Crippen MR) is 193 cm³/mol. The van der Waals surface area contributed by atoms with E-state index in [1.54, 1.807) is 41.5 Å². The fourth-order valence-electron chi connectivity index (χ4n) is 6.25. The topological polar surface area (TPSA) is 145 Å². The van der Waals surface area contributed by atoms with Gasteiger partial charge in [0.05, 0.1) is 12.6 Å². The number of likely N-dealkylation sites (tertiary alicyclic amines) is 1. The fraction of sp³-hybridized carbons (Fsp3) is 0.895. The number of amides is 2. The molecule has 0 aromatic rings. The number of piperidine rings is 1. The molecule has 1 aliphatic rings. The molecule has 1 rings (SSSR count). The largest absolute Gasteiger partial charge is 0.460 e. The van der Waals surface area contributed by atoms with Gasteiger partial charge in [0.15, 0.2) is 5.54 Å². The molecule has 4 N–H and O–H groups in total. The lowest BCUT2D eigenvalue weighted by Gasteiger charge is -2.39. The Morgan fingerprint density at radius 3 is 1.73 bits per heavy atom. The van der Waals surface area contributed by atoms with Gasteiger partial charge in [-0.2, -0.15) is 0 Å². The Morgan fingerprint density at radius 2 is 1.21 bits per heavy atom. The number of rotatable bonds is 23. The first-order valence-electron chi connectivity index (χ1n) is 19.1. The second kappa shape index (κ2) is 22.5. The second-order valence-corrected chi connectivity index (χ2v) is 16.0. The molecule has 0 aromatic heterocycles. The van der Waals surface area contributed by atoms with Gasteiger partial charge in [-0.3, -0.25) is 19.4 Å². The molecule has 0 spiro atoms. The van der Waals surface area contributed by atoms with Crippen LogP contribution in [0.5, 0.6) is 0 Å². The van der Waals surface area contributed by atoms with Crippen molar-refractivity contribution in [1.82, 2.24) is 9.91 Å². The monoisotopic (exact) mass is 681 g/mol. The van der Waals surface area contributed by atoms with Crippen molar-refractivity contribution in [3.63, 3.8) is 0 Å². The third kappa shape index (κ3) is 18.5. The number of carbonyl (C=O) groups is 4. The van der Waals surface area contributed by atoms with Crippen LogP contribution in [0.15, 0.2) is 0 Å².